The number of methoxy groups -OCH3 is 1. The van der Waals surface area contributed by atoms with Gasteiger partial charge in [0.25, 0.3) is 0 Å². The van der Waals surface area contributed by atoms with Gasteiger partial charge in [0, 0.05) is 30.8 Å². The number of Topliss-reactive ketones (excluding diaryl/α,β-unsaturated/α-hetero) is 1. The van der Waals surface area contributed by atoms with Crippen LogP contribution in [0.2, 0.25) is 0 Å². The molecule has 0 bridgehead atoms. The number of ether oxygens (including phenoxy) is 1. The second-order valence-electron chi connectivity index (χ2n) is 6.80. The lowest BCUT2D eigenvalue weighted by atomic mass is 10.1. The van der Waals surface area contributed by atoms with Gasteiger partial charge in [-0.3, -0.25) is 9.59 Å². The predicted molar refractivity (Wildman–Crippen MR) is 110 cm³/mol. The largest absolute Gasteiger partial charge is 0.465 e. The van der Waals surface area contributed by atoms with Crippen molar-refractivity contribution >= 4 is 40.4 Å². The average Bonchev–Trinajstić information content (AvgIpc) is 3.37. The zero-order valence-electron chi connectivity index (χ0n) is 16.1. The van der Waals surface area contributed by atoms with E-state index in [2.05, 4.69) is 10.2 Å². The first-order valence-electron chi connectivity index (χ1n) is 9.34. The van der Waals surface area contributed by atoms with Gasteiger partial charge >= 0.3 is 5.97 Å². The van der Waals surface area contributed by atoms with Gasteiger partial charge in [-0.1, -0.05) is 0 Å². The Kier molecular flexibility index (Phi) is 6.46. The minimum Gasteiger partial charge on any atom is -0.465 e. The van der Waals surface area contributed by atoms with Gasteiger partial charge in [-0.05, 0) is 50.1 Å². The molecule has 1 N–H and O–H groups in total. The zero-order chi connectivity index (χ0) is 20.1. The lowest BCUT2D eigenvalue weighted by molar-refractivity contribution is -0.116. The number of hydrogen-bond acceptors (Lipinski definition) is 6. The van der Waals surface area contributed by atoms with Crippen molar-refractivity contribution in [2.75, 3.05) is 30.4 Å². The van der Waals surface area contributed by atoms with Crippen LogP contribution in [0.4, 0.5) is 11.4 Å². The lowest BCUT2D eigenvalue weighted by Crippen LogP contribution is -2.22. The fourth-order valence-electron chi connectivity index (χ4n) is 3.26. The summed E-state index contributed by atoms with van der Waals surface area (Å²) in [4.78, 5) is 40.5. The summed E-state index contributed by atoms with van der Waals surface area (Å²) in [6, 6.07) is 8.89. The molecular weight excluding hydrogens is 376 g/mol. The van der Waals surface area contributed by atoms with E-state index in [0.29, 0.717) is 16.1 Å². The summed E-state index contributed by atoms with van der Waals surface area (Å²) in [5, 5.41) is 2.88. The Labute approximate surface area is 168 Å². The van der Waals surface area contributed by atoms with Gasteiger partial charge in [-0.2, -0.15) is 0 Å². The summed E-state index contributed by atoms with van der Waals surface area (Å²) < 4.78 is 4.78. The number of ketones is 1. The highest BCUT2D eigenvalue weighted by atomic mass is 32.1. The molecule has 6 nitrogen and oxygen atoms in total. The molecule has 0 radical (unpaired) electrons. The number of rotatable bonds is 7. The summed E-state index contributed by atoms with van der Waals surface area (Å²) in [5.74, 6) is -0.730. The number of nitrogens with zero attached hydrogens (tertiary/aromatic N) is 1. The van der Waals surface area contributed by atoms with Crippen LogP contribution in [0.15, 0.2) is 30.3 Å². The fraction of sp³-hybridized carbons (Fsp3) is 0.381. The van der Waals surface area contributed by atoms with Crippen molar-refractivity contribution in [2.45, 2.75) is 32.6 Å². The van der Waals surface area contributed by atoms with E-state index in [1.54, 1.807) is 18.2 Å². The molecule has 1 fully saturated rings. The molecule has 0 aliphatic carbocycles. The monoisotopic (exact) mass is 400 g/mol. The number of aryl methyl sites for hydroxylation is 1. The molecule has 148 valence electrons. The number of amides is 1. The van der Waals surface area contributed by atoms with Crippen LogP contribution >= 0.6 is 11.3 Å². The molecule has 0 unspecified atom stereocenters. The third kappa shape index (κ3) is 4.78. The van der Waals surface area contributed by atoms with Crippen LogP contribution in [0.1, 0.15) is 50.6 Å². The number of hydrogen-bond donors (Lipinski definition) is 1. The standard InChI is InChI=1S/C21H24N2O4S/c1-14-5-9-19(28-14)18(24)8-10-20(25)22-16-13-15(21(26)27-2)6-7-17(16)23-11-3-4-12-23/h5-7,9,13H,3-4,8,10-12H2,1-2H3,(H,22,25). The molecule has 1 aromatic carbocycles. The van der Waals surface area contributed by atoms with E-state index in [-0.39, 0.29) is 24.5 Å². The summed E-state index contributed by atoms with van der Waals surface area (Å²) in [6.45, 7) is 3.77. The molecule has 1 amide bonds. The third-order valence-corrected chi connectivity index (χ3v) is 5.77. The van der Waals surface area contributed by atoms with Crippen LogP contribution in [0, 0.1) is 6.92 Å². The Hall–Kier alpha value is -2.67. The van der Waals surface area contributed by atoms with Crippen molar-refractivity contribution < 1.29 is 19.1 Å². The second kappa shape index (κ2) is 9.01. The summed E-state index contributed by atoms with van der Waals surface area (Å²) in [6.07, 6.45) is 2.45. The number of thiophene rings is 1. The maximum atomic E-state index is 12.5. The molecule has 2 aromatic rings. The maximum Gasteiger partial charge on any atom is 0.337 e. The molecule has 7 heteroatoms. The molecule has 0 atom stereocenters. The summed E-state index contributed by atoms with van der Waals surface area (Å²) in [7, 11) is 1.33. The topological polar surface area (TPSA) is 75.7 Å². The Morgan fingerprint density at radius 3 is 2.50 bits per heavy atom. The van der Waals surface area contributed by atoms with Gasteiger partial charge < -0.3 is 15.0 Å². The SMILES string of the molecule is COC(=O)c1ccc(N2CCCC2)c(NC(=O)CCC(=O)c2ccc(C)s2)c1. The molecular formula is C21H24N2O4S. The highest BCUT2D eigenvalue weighted by Crippen LogP contribution is 2.30. The summed E-state index contributed by atoms with van der Waals surface area (Å²) in [5.41, 5.74) is 1.85. The molecule has 1 saturated heterocycles. The smallest absolute Gasteiger partial charge is 0.337 e. The van der Waals surface area contributed by atoms with Gasteiger partial charge in [-0.25, -0.2) is 4.79 Å². The van der Waals surface area contributed by atoms with E-state index in [1.807, 2.05) is 19.1 Å². The molecule has 0 saturated carbocycles. The fourth-order valence-corrected chi connectivity index (χ4v) is 4.10. The van der Waals surface area contributed by atoms with Crippen molar-refractivity contribution in [3.05, 3.63) is 45.6 Å². The van der Waals surface area contributed by atoms with E-state index in [0.717, 1.165) is 36.5 Å². The molecule has 28 heavy (non-hydrogen) atoms. The minimum absolute atomic E-state index is 0.0312. The molecule has 3 rings (SSSR count). The van der Waals surface area contributed by atoms with E-state index >= 15 is 0 Å². The van der Waals surface area contributed by atoms with Gasteiger partial charge in [0.15, 0.2) is 5.78 Å². The molecule has 1 aromatic heterocycles. The normalized spacial score (nSPS) is 13.4. The van der Waals surface area contributed by atoms with Crippen LogP contribution in [-0.4, -0.2) is 37.9 Å². The number of esters is 1. The number of carbonyl (C=O) groups is 3. The predicted octanol–water partition coefficient (Wildman–Crippen LogP) is 4.04. The Bertz CT molecular complexity index is 884. The quantitative estimate of drug-likeness (QED) is 0.561. The number of benzene rings is 1. The highest BCUT2D eigenvalue weighted by molar-refractivity contribution is 7.14. The highest BCUT2D eigenvalue weighted by Gasteiger charge is 2.19. The lowest BCUT2D eigenvalue weighted by Gasteiger charge is -2.22. The Balaban J connectivity index is 1.70. The van der Waals surface area contributed by atoms with E-state index in [1.165, 1.54) is 18.4 Å². The van der Waals surface area contributed by atoms with E-state index < -0.39 is 5.97 Å². The van der Waals surface area contributed by atoms with Crippen molar-refractivity contribution in [1.29, 1.82) is 0 Å². The third-order valence-electron chi connectivity index (χ3n) is 4.73. The van der Waals surface area contributed by atoms with Crippen LogP contribution in [-0.2, 0) is 9.53 Å². The van der Waals surface area contributed by atoms with E-state index in [4.69, 9.17) is 4.74 Å². The second-order valence-corrected chi connectivity index (χ2v) is 8.09. The van der Waals surface area contributed by atoms with Crippen LogP contribution in [0.5, 0.6) is 0 Å². The number of carbonyl (C=O) groups excluding carboxylic acids is 3. The van der Waals surface area contributed by atoms with Crippen molar-refractivity contribution in [2.24, 2.45) is 0 Å². The molecule has 2 heterocycles. The first-order chi connectivity index (χ1) is 13.5. The van der Waals surface area contributed by atoms with Gasteiger partial charge in [0.05, 0.1) is 28.9 Å². The van der Waals surface area contributed by atoms with Gasteiger partial charge in [0.2, 0.25) is 5.91 Å². The van der Waals surface area contributed by atoms with Crippen LogP contribution < -0.4 is 10.2 Å². The van der Waals surface area contributed by atoms with Crippen molar-refractivity contribution in [1.82, 2.24) is 0 Å². The van der Waals surface area contributed by atoms with Crippen LogP contribution in [0.3, 0.4) is 0 Å². The molecule has 1 aliphatic rings. The van der Waals surface area contributed by atoms with E-state index in [9.17, 15) is 14.4 Å². The summed E-state index contributed by atoms with van der Waals surface area (Å²) >= 11 is 1.44. The maximum absolute atomic E-state index is 12.5. The van der Waals surface area contributed by atoms with Crippen LogP contribution in [0.25, 0.3) is 0 Å². The Morgan fingerprint density at radius 1 is 1.11 bits per heavy atom. The van der Waals surface area contributed by atoms with Crippen molar-refractivity contribution in [3.8, 4) is 0 Å². The van der Waals surface area contributed by atoms with Gasteiger partial charge in [-0.15, -0.1) is 11.3 Å². The number of anilines is 2. The minimum atomic E-state index is -0.452. The first kappa shape index (κ1) is 20.1. The molecule has 1 aliphatic heterocycles. The average molecular weight is 401 g/mol. The first-order valence-corrected chi connectivity index (χ1v) is 10.2. The van der Waals surface area contributed by atoms with Gasteiger partial charge in [0.1, 0.15) is 0 Å². The number of nitrogens with one attached hydrogen (secondary N) is 1. The van der Waals surface area contributed by atoms with Crippen molar-refractivity contribution in [3.63, 3.8) is 0 Å². The zero-order valence-corrected chi connectivity index (χ0v) is 16.9. The molecule has 0 spiro atoms. The Morgan fingerprint density at radius 2 is 1.86 bits per heavy atom.